The summed E-state index contributed by atoms with van der Waals surface area (Å²) in [5, 5.41) is 7.48. The third-order valence-electron chi connectivity index (χ3n) is 2.25. The van der Waals surface area contributed by atoms with Crippen molar-refractivity contribution in [3.05, 3.63) is 54.1 Å². The van der Waals surface area contributed by atoms with E-state index in [0.717, 1.165) is 18.2 Å². The standard InChI is InChI=1S/C13H10F2N2O/c1-18-11-5-3-10(4-6-11)16-17-13-8-9(14)2-7-12(13)15/h2-8H,1H3. The van der Waals surface area contributed by atoms with Crippen molar-refractivity contribution in [2.75, 3.05) is 7.11 Å². The van der Waals surface area contributed by atoms with Gasteiger partial charge in [0, 0.05) is 6.07 Å². The highest BCUT2D eigenvalue weighted by atomic mass is 19.1. The van der Waals surface area contributed by atoms with Gasteiger partial charge in [-0.05, 0) is 36.4 Å². The fraction of sp³-hybridized carbons (Fsp3) is 0.0769. The van der Waals surface area contributed by atoms with Gasteiger partial charge in [-0.3, -0.25) is 0 Å². The molecule has 0 fully saturated rings. The van der Waals surface area contributed by atoms with E-state index in [9.17, 15) is 8.78 Å². The number of ether oxygens (including phenoxy) is 1. The van der Waals surface area contributed by atoms with E-state index in [4.69, 9.17) is 4.74 Å². The van der Waals surface area contributed by atoms with Gasteiger partial charge in [-0.1, -0.05) is 0 Å². The Morgan fingerprint density at radius 1 is 0.944 bits per heavy atom. The third-order valence-corrected chi connectivity index (χ3v) is 2.25. The van der Waals surface area contributed by atoms with Crippen LogP contribution >= 0.6 is 0 Å². The predicted molar refractivity (Wildman–Crippen MR) is 63.5 cm³/mol. The van der Waals surface area contributed by atoms with Crippen LogP contribution in [0.1, 0.15) is 0 Å². The molecule has 0 heterocycles. The van der Waals surface area contributed by atoms with Crippen molar-refractivity contribution in [3.63, 3.8) is 0 Å². The number of hydrogen-bond donors (Lipinski definition) is 0. The molecular formula is C13H10F2N2O. The van der Waals surface area contributed by atoms with Crippen LogP contribution in [0, 0.1) is 11.6 Å². The second kappa shape index (κ2) is 5.35. The van der Waals surface area contributed by atoms with Crippen LogP contribution in [0.2, 0.25) is 0 Å². The third kappa shape index (κ3) is 2.88. The molecule has 0 aliphatic heterocycles. The Bertz CT molecular complexity index is 568. The van der Waals surface area contributed by atoms with E-state index in [1.54, 1.807) is 31.4 Å². The number of hydrogen-bond acceptors (Lipinski definition) is 3. The Kier molecular flexibility index (Phi) is 3.62. The number of halogens is 2. The Morgan fingerprint density at radius 3 is 2.33 bits per heavy atom. The number of benzene rings is 2. The summed E-state index contributed by atoms with van der Waals surface area (Å²) in [5.74, 6) is -0.486. The van der Waals surface area contributed by atoms with E-state index < -0.39 is 11.6 Å². The molecule has 2 aromatic carbocycles. The molecule has 5 heteroatoms. The van der Waals surface area contributed by atoms with Crippen LogP contribution in [-0.2, 0) is 0 Å². The molecule has 0 saturated carbocycles. The molecule has 18 heavy (non-hydrogen) atoms. The van der Waals surface area contributed by atoms with E-state index in [-0.39, 0.29) is 5.69 Å². The SMILES string of the molecule is COc1ccc(N=Nc2cc(F)ccc2F)cc1. The summed E-state index contributed by atoms with van der Waals surface area (Å²) in [6.07, 6.45) is 0. The van der Waals surface area contributed by atoms with Crippen LogP contribution in [0.15, 0.2) is 52.7 Å². The molecule has 0 aromatic heterocycles. The summed E-state index contributed by atoms with van der Waals surface area (Å²) >= 11 is 0. The Labute approximate surface area is 103 Å². The minimum atomic E-state index is -0.617. The van der Waals surface area contributed by atoms with Gasteiger partial charge in [-0.25, -0.2) is 8.78 Å². The molecule has 0 aliphatic carbocycles. The van der Waals surface area contributed by atoms with E-state index in [1.165, 1.54) is 0 Å². The number of nitrogens with zero attached hydrogens (tertiary/aromatic N) is 2. The lowest BCUT2D eigenvalue weighted by Gasteiger charge is -1.98. The zero-order valence-corrected chi connectivity index (χ0v) is 9.60. The molecule has 0 radical (unpaired) electrons. The number of methoxy groups -OCH3 is 1. The van der Waals surface area contributed by atoms with E-state index in [2.05, 4.69) is 10.2 Å². The van der Waals surface area contributed by atoms with Gasteiger partial charge in [0.2, 0.25) is 0 Å². The second-order valence-electron chi connectivity index (χ2n) is 3.49. The van der Waals surface area contributed by atoms with Gasteiger partial charge in [-0.15, -0.1) is 5.11 Å². The molecular weight excluding hydrogens is 238 g/mol. The van der Waals surface area contributed by atoms with Gasteiger partial charge >= 0.3 is 0 Å². The molecule has 0 saturated heterocycles. The Hall–Kier alpha value is -2.30. The monoisotopic (exact) mass is 248 g/mol. The predicted octanol–water partition coefficient (Wildman–Crippen LogP) is 4.39. The summed E-state index contributed by atoms with van der Waals surface area (Å²) < 4.78 is 31.1. The van der Waals surface area contributed by atoms with Crippen LogP contribution in [0.4, 0.5) is 20.2 Å². The molecule has 0 N–H and O–H groups in total. The summed E-state index contributed by atoms with van der Waals surface area (Å²) in [4.78, 5) is 0. The van der Waals surface area contributed by atoms with Crippen LogP contribution in [0.25, 0.3) is 0 Å². The first-order valence-electron chi connectivity index (χ1n) is 5.20. The first-order valence-corrected chi connectivity index (χ1v) is 5.20. The smallest absolute Gasteiger partial charge is 0.150 e. The molecule has 0 amide bonds. The van der Waals surface area contributed by atoms with Crippen LogP contribution < -0.4 is 4.74 Å². The highest BCUT2D eigenvalue weighted by molar-refractivity contribution is 5.43. The zero-order valence-electron chi connectivity index (χ0n) is 9.60. The summed E-state index contributed by atoms with van der Waals surface area (Å²) in [6.45, 7) is 0. The fourth-order valence-corrected chi connectivity index (χ4v) is 1.32. The second-order valence-corrected chi connectivity index (χ2v) is 3.49. The quantitative estimate of drug-likeness (QED) is 0.741. The van der Waals surface area contributed by atoms with Gasteiger partial charge in [0.25, 0.3) is 0 Å². The average Bonchev–Trinajstić information content (AvgIpc) is 2.40. The van der Waals surface area contributed by atoms with Crippen molar-refractivity contribution in [2.24, 2.45) is 10.2 Å². The van der Waals surface area contributed by atoms with E-state index in [0.29, 0.717) is 11.4 Å². The number of azo groups is 1. The van der Waals surface area contributed by atoms with Crippen molar-refractivity contribution in [1.29, 1.82) is 0 Å². The molecule has 0 atom stereocenters. The van der Waals surface area contributed by atoms with Crippen LogP contribution in [-0.4, -0.2) is 7.11 Å². The first-order chi connectivity index (χ1) is 8.69. The maximum atomic E-state index is 13.3. The van der Waals surface area contributed by atoms with Crippen LogP contribution in [0.3, 0.4) is 0 Å². The van der Waals surface area contributed by atoms with Crippen molar-refractivity contribution < 1.29 is 13.5 Å². The molecule has 2 rings (SSSR count). The number of rotatable bonds is 3. The molecule has 0 aliphatic rings. The van der Waals surface area contributed by atoms with Gasteiger partial charge in [0.1, 0.15) is 17.3 Å². The largest absolute Gasteiger partial charge is 0.497 e. The molecule has 0 spiro atoms. The first kappa shape index (κ1) is 12.2. The summed E-state index contributed by atoms with van der Waals surface area (Å²) in [5.41, 5.74) is 0.394. The molecule has 2 aromatic rings. The maximum absolute atomic E-state index is 13.3. The molecule has 0 unspecified atom stereocenters. The minimum Gasteiger partial charge on any atom is -0.497 e. The van der Waals surface area contributed by atoms with Gasteiger partial charge in [-0.2, -0.15) is 5.11 Å². The van der Waals surface area contributed by atoms with Crippen molar-refractivity contribution in [1.82, 2.24) is 0 Å². The average molecular weight is 248 g/mol. The summed E-state index contributed by atoms with van der Waals surface area (Å²) in [7, 11) is 1.55. The molecule has 0 bridgehead atoms. The van der Waals surface area contributed by atoms with E-state index in [1.807, 2.05) is 0 Å². The minimum absolute atomic E-state index is 0.134. The normalized spacial score (nSPS) is 10.8. The maximum Gasteiger partial charge on any atom is 0.150 e. The Balaban J connectivity index is 2.21. The van der Waals surface area contributed by atoms with E-state index >= 15 is 0 Å². The Morgan fingerprint density at radius 2 is 1.67 bits per heavy atom. The highest BCUT2D eigenvalue weighted by Gasteiger charge is 2.02. The van der Waals surface area contributed by atoms with Crippen molar-refractivity contribution in [2.45, 2.75) is 0 Å². The van der Waals surface area contributed by atoms with Crippen molar-refractivity contribution >= 4 is 11.4 Å². The van der Waals surface area contributed by atoms with Gasteiger partial charge < -0.3 is 4.74 Å². The molecule has 92 valence electrons. The van der Waals surface area contributed by atoms with Gasteiger partial charge in [0.05, 0.1) is 12.8 Å². The topological polar surface area (TPSA) is 34.0 Å². The highest BCUT2D eigenvalue weighted by Crippen LogP contribution is 2.23. The lowest BCUT2D eigenvalue weighted by Crippen LogP contribution is -1.80. The fourth-order valence-electron chi connectivity index (χ4n) is 1.32. The lowest BCUT2D eigenvalue weighted by molar-refractivity contribution is 0.415. The van der Waals surface area contributed by atoms with Crippen LogP contribution in [0.5, 0.6) is 5.75 Å². The zero-order chi connectivity index (χ0) is 13.0. The summed E-state index contributed by atoms with van der Waals surface area (Å²) in [6, 6.07) is 9.77. The molecule has 3 nitrogen and oxygen atoms in total. The van der Waals surface area contributed by atoms with Gasteiger partial charge in [0.15, 0.2) is 5.82 Å². The lowest BCUT2D eigenvalue weighted by atomic mass is 10.3. The van der Waals surface area contributed by atoms with Crippen molar-refractivity contribution in [3.8, 4) is 5.75 Å².